The number of hydrogen-bond donors (Lipinski definition) is 2. The standard InChI is InChI=1S/C22H30N2O4/c1-7-26-18-12-17(13-19(27-8-2)21(18)28-9-3)23-22(25)24-20-15(5)10-14(4)11-16(20)6/h10-13H,7-9H2,1-6H3,(H2,23,24,25). The van der Waals surface area contributed by atoms with Crippen LogP contribution < -0.4 is 24.8 Å². The highest BCUT2D eigenvalue weighted by atomic mass is 16.5. The van der Waals surface area contributed by atoms with Gasteiger partial charge in [-0.05, 0) is 52.7 Å². The maximum absolute atomic E-state index is 12.6. The monoisotopic (exact) mass is 386 g/mol. The van der Waals surface area contributed by atoms with Gasteiger partial charge in [-0.15, -0.1) is 0 Å². The van der Waals surface area contributed by atoms with E-state index in [0.717, 1.165) is 22.4 Å². The molecule has 2 aromatic carbocycles. The quantitative estimate of drug-likeness (QED) is 0.633. The second kappa shape index (κ2) is 9.88. The first-order valence-electron chi connectivity index (χ1n) is 9.61. The van der Waals surface area contributed by atoms with Gasteiger partial charge in [0.05, 0.1) is 25.5 Å². The molecule has 6 nitrogen and oxygen atoms in total. The van der Waals surface area contributed by atoms with Crippen LogP contribution in [0.1, 0.15) is 37.5 Å². The number of anilines is 2. The first-order valence-corrected chi connectivity index (χ1v) is 9.61. The minimum Gasteiger partial charge on any atom is -0.490 e. The van der Waals surface area contributed by atoms with Gasteiger partial charge in [0.2, 0.25) is 5.75 Å². The minimum absolute atomic E-state index is 0.330. The summed E-state index contributed by atoms with van der Waals surface area (Å²) in [7, 11) is 0. The lowest BCUT2D eigenvalue weighted by atomic mass is 10.1. The van der Waals surface area contributed by atoms with Gasteiger partial charge in [0, 0.05) is 17.8 Å². The SMILES string of the molecule is CCOc1cc(NC(=O)Nc2c(C)cc(C)cc2C)cc(OCC)c1OCC. The van der Waals surface area contributed by atoms with Crippen molar-refractivity contribution in [3.8, 4) is 17.2 Å². The van der Waals surface area contributed by atoms with Crippen molar-refractivity contribution in [3.63, 3.8) is 0 Å². The number of hydrogen-bond acceptors (Lipinski definition) is 4. The van der Waals surface area contributed by atoms with Crippen LogP contribution in [0.4, 0.5) is 16.2 Å². The molecule has 2 rings (SSSR count). The topological polar surface area (TPSA) is 68.8 Å². The maximum Gasteiger partial charge on any atom is 0.323 e. The fourth-order valence-electron chi connectivity index (χ4n) is 3.11. The predicted molar refractivity (Wildman–Crippen MR) is 113 cm³/mol. The molecule has 6 heteroatoms. The average Bonchev–Trinajstić information content (AvgIpc) is 2.61. The molecule has 28 heavy (non-hydrogen) atoms. The molecule has 0 heterocycles. The van der Waals surface area contributed by atoms with Gasteiger partial charge in [-0.2, -0.15) is 0 Å². The lowest BCUT2D eigenvalue weighted by molar-refractivity contribution is 0.260. The Bertz CT molecular complexity index is 783. The van der Waals surface area contributed by atoms with E-state index >= 15 is 0 Å². The molecule has 0 bridgehead atoms. The molecule has 0 radical (unpaired) electrons. The molecule has 0 spiro atoms. The smallest absolute Gasteiger partial charge is 0.323 e. The van der Waals surface area contributed by atoms with Crippen LogP contribution in [0.3, 0.4) is 0 Å². The lowest BCUT2D eigenvalue weighted by Gasteiger charge is -2.18. The zero-order valence-electron chi connectivity index (χ0n) is 17.6. The molecule has 0 atom stereocenters. The highest BCUT2D eigenvalue weighted by Gasteiger charge is 2.16. The van der Waals surface area contributed by atoms with Crippen LogP contribution in [-0.2, 0) is 0 Å². The fraction of sp³-hybridized carbons (Fsp3) is 0.409. The van der Waals surface area contributed by atoms with Crippen molar-refractivity contribution in [2.75, 3.05) is 30.5 Å². The molecular formula is C22H30N2O4. The highest BCUT2D eigenvalue weighted by Crippen LogP contribution is 2.40. The Kier molecular flexibility index (Phi) is 7.55. The Morgan fingerprint density at radius 1 is 0.786 bits per heavy atom. The molecule has 2 amide bonds. The summed E-state index contributed by atoms with van der Waals surface area (Å²) in [4.78, 5) is 12.6. The van der Waals surface area contributed by atoms with Crippen LogP contribution in [0.25, 0.3) is 0 Å². The van der Waals surface area contributed by atoms with Gasteiger partial charge in [0.1, 0.15) is 0 Å². The predicted octanol–water partition coefficient (Wildman–Crippen LogP) is 5.45. The summed E-state index contributed by atoms with van der Waals surface area (Å²) in [6, 6.07) is 7.24. The third-order valence-corrected chi connectivity index (χ3v) is 4.08. The van der Waals surface area contributed by atoms with Crippen molar-refractivity contribution < 1.29 is 19.0 Å². The summed E-state index contributed by atoms with van der Waals surface area (Å²) in [5.74, 6) is 1.61. The van der Waals surface area contributed by atoms with Crippen molar-refractivity contribution in [2.45, 2.75) is 41.5 Å². The zero-order valence-corrected chi connectivity index (χ0v) is 17.6. The molecule has 152 valence electrons. The normalized spacial score (nSPS) is 10.4. The number of carbonyl (C=O) groups excluding carboxylic acids is 1. The van der Waals surface area contributed by atoms with E-state index in [-0.39, 0.29) is 6.03 Å². The Balaban J connectivity index is 2.28. The van der Waals surface area contributed by atoms with Gasteiger partial charge in [0.15, 0.2) is 11.5 Å². The number of benzene rings is 2. The summed E-state index contributed by atoms with van der Waals surface area (Å²) in [5, 5.41) is 5.79. The molecule has 0 aromatic heterocycles. The summed E-state index contributed by atoms with van der Waals surface area (Å²) in [6.07, 6.45) is 0. The summed E-state index contributed by atoms with van der Waals surface area (Å²) in [5.41, 5.74) is 4.57. The highest BCUT2D eigenvalue weighted by molar-refractivity contribution is 6.01. The van der Waals surface area contributed by atoms with E-state index in [1.54, 1.807) is 12.1 Å². The number of nitrogens with one attached hydrogen (secondary N) is 2. The number of carbonyl (C=O) groups is 1. The summed E-state index contributed by atoms with van der Waals surface area (Å²) in [6.45, 7) is 13.1. The Labute approximate surface area is 167 Å². The van der Waals surface area contributed by atoms with Crippen LogP contribution >= 0.6 is 0 Å². The molecule has 0 saturated carbocycles. The van der Waals surface area contributed by atoms with Gasteiger partial charge in [0.25, 0.3) is 0 Å². The molecular weight excluding hydrogens is 356 g/mol. The molecule has 0 aliphatic rings. The molecule has 0 unspecified atom stereocenters. The average molecular weight is 386 g/mol. The molecule has 2 aromatic rings. The number of aryl methyl sites for hydroxylation is 3. The first kappa shape index (κ1) is 21.4. The maximum atomic E-state index is 12.6. The van der Waals surface area contributed by atoms with Crippen molar-refractivity contribution in [3.05, 3.63) is 41.0 Å². The molecule has 0 aliphatic carbocycles. The van der Waals surface area contributed by atoms with E-state index in [2.05, 4.69) is 10.6 Å². The molecule has 0 saturated heterocycles. The third-order valence-electron chi connectivity index (χ3n) is 4.08. The Morgan fingerprint density at radius 2 is 1.29 bits per heavy atom. The van der Waals surface area contributed by atoms with Crippen LogP contribution in [0.15, 0.2) is 24.3 Å². The number of urea groups is 1. The van der Waals surface area contributed by atoms with Gasteiger partial charge >= 0.3 is 6.03 Å². The number of rotatable bonds is 8. The second-order valence-corrected chi connectivity index (χ2v) is 6.45. The van der Waals surface area contributed by atoms with Gasteiger partial charge < -0.3 is 24.8 Å². The first-order chi connectivity index (χ1) is 13.4. The molecule has 2 N–H and O–H groups in total. The summed E-state index contributed by atoms with van der Waals surface area (Å²) < 4.78 is 17.1. The molecule has 0 aliphatic heterocycles. The second-order valence-electron chi connectivity index (χ2n) is 6.45. The lowest BCUT2D eigenvalue weighted by Crippen LogP contribution is -2.21. The summed E-state index contributed by atoms with van der Waals surface area (Å²) >= 11 is 0. The van der Waals surface area contributed by atoms with E-state index in [0.29, 0.717) is 42.8 Å². The third kappa shape index (κ3) is 5.31. The van der Waals surface area contributed by atoms with E-state index in [4.69, 9.17) is 14.2 Å². The fourth-order valence-corrected chi connectivity index (χ4v) is 3.11. The van der Waals surface area contributed by atoms with E-state index < -0.39 is 0 Å². The largest absolute Gasteiger partial charge is 0.490 e. The van der Waals surface area contributed by atoms with Crippen LogP contribution in [-0.4, -0.2) is 25.9 Å². The van der Waals surface area contributed by atoms with E-state index in [9.17, 15) is 4.79 Å². The van der Waals surface area contributed by atoms with E-state index in [1.165, 1.54) is 0 Å². The van der Waals surface area contributed by atoms with Gasteiger partial charge in [-0.3, -0.25) is 0 Å². The van der Waals surface area contributed by atoms with Crippen molar-refractivity contribution in [1.82, 2.24) is 0 Å². The minimum atomic E-state index is -0.330. The van der Waals surface area contributed by atoms with Crippen LogP contribution in [0.2, 0.25) is 0 Å². The zero-order chi connectivity index (χ0) is 20.7. The van der Waals surface area contributed by atoms with E-state index in [1.807, 2.05) is 53.7 Å². The number of ether oxygens (including phenoxy) is 3. The Hall–Kier alpha value is -2.89. The van der Waals surface area contributed by atoms with Crippen LogP contribution in [0.5, 0.6) is 17.2 Å². The Morgan fingerprint density at radius 3 is 1.75 bits per heavy atom. The van der Waals surface area contributed by atoms with Crippen molar-refractivity contribution in [2.24, 2.45) is 0 Å². The van der Waals surface area contributed by atoms with Crippen molar-refractivity contribution in [1.29, 1.82) is 0 Å². The van der Waals surface area contributed by atoms with Gasteiger partial charge in [-0.1, -0.05) is 17.7 Å². The number of amides is 2. The van der Waals surface area contributed by atoms with Gasteiger partial charge in [-0.25, -0.2) is 4.79 Å². The van der Waals surface area contributed by atoms with Crippen LogP contribution in [0, 0.1) is 20.8 Å². The van der Waals surface area contributed by atoms with Crippen molar-refractivity contribution >= 4 is 17.4 Å². The molecule has 0 fully saturated rings.